The number of carbonyl (C=O) groups excluding carboxylic acids is 1. The Kier molecular flexibility index (Phi) is 5.43. The number of amides is 1. The lowest BCUT2D eigenvalue weighted by molar-refractivity contribution is -0.134. The van der Waals surface area contributed by atoms with Gasteiger partial charge in [0.05, 0.1) is 6.54 Å². The van der Waals surface area contributed by atoms with Crippen molar-refractivity contribution in [2.75, 3.05) is 26.2 Å². The van der Waals surface area contributed by atoms with Crippen LogP contribution in [0.15, 0.2) is 4.52 Å². The van der Waals surface area contributed by atoms with Gasteiger partial charge in [-0.1, -0.05) is 32.3 Å². The molecule has 2 fully saturated rings. The normalized spacial score (nSPS) is 25.5. The number of nitrogens with zero attached hydrogens (tertiary/aromatic N) is 4. The van der Waals surface area contributed by atoms with Crippen LogP contribution in [0.1, 0.15) is 58.2 Å². The molecule has 1 aliphatic heterocycles. The molecule has 1 aromatic heterocycles. The van der Waals surface area contributed by atoms with Gasteiger partial charge in [-0.3, -0.25) is 9.69 Å². The van der Waals surface area contributed by atoms with Crippen LogP contribution in [0.4, 0.5) is 0 Å². The highest BCUT2D eigenvalue weighted by molar-refractivity contribution is 5.76. The van der Waals surface area contributed by atoms with E-state index >= 15 is 0 Å². The predicted molar refractivity (Wildman–Crippen MR) is 94.8 cm³/mol. The zero-order valence-electron chi connectivity index (χ0n) is 15.7. The third-order valence-corrected chi connectivity index (χ3v) is 5.35. The largest absolute Gasteiger partial charge is 0.340 e. The van der Waals surface area contributed by atoms with Gasteiger partial charge in [0.1, 0.15) is 0 Å². The van der Waals surface area contributed by atoms with Crippen LogP contribution < -0.4 is 5.73 Å². The molecule has 1 amide bonds. The summed E-state index contributed by atoms with van der Waals surface area (Å²) in [4.78, 5) is 21.2. The molecule has 7 heteroatoms. The monoisotopic (exact) mass is 349 g/mol. The van der Waals surface area contributed by atoms with Crippen LogP contribution in [0.5, 0.6) is 0 Å². The van der Waals surface area contributed by atoms with Crippen LogP contribution >= 0.6 is 0 Å². The van der Waals surface area contributed by atoms with Gasteiger partial charge < -0.3 is 15.2 Å². The minimum atomic E-state index is -0.128. The molecule has 2 aliphatic rings. The molecule has 1 aromatic rings. The van der Waals surface area contributed by atoms with Crippen molar-refractivity contribution < 1.29 is 9.32 Å². The summed E-state index contributed by atoms with van der Waals surface area (Å²) in [6, 6.07) is 0.209. The number of aromatic nitrogens is 2. The van der Waals surface area contributed by atoms with Crippen molar-refractivity contribution in [2.45, 2.75) is 64.5 Å². The third-order valence-electron chi connectivity index (χ3n) is 5.35. The zero-order chi connectivity index (χ0) is 18.0. The van der Waals surface area contributed by atoms with E-state index in [1.807, 2.05) is 4.90 Å². The highest BCUT2D eigenvalue weighted by atomic mass is 16.5. The predicted octanol–water partition coefficient (Wildman–Crippen LogP) is 1.53. The molecule has 140 valence electrons. The molecule has 25 heavy (non-hydrogen) atoms. The second-order valence-electron chi connectivity index (χ2n) is 8.48. The molecule has 1 saturated carbocycles. The summed E-state index contributed by atoms with van der Waals surface area (Å²) in [5.74, 6) is 2.03. The Morgan fingerprint density at radius 3 is 2.52 bits per heavy atom. The standard InChI is InChI=1S/C18H31N5O2/c1-18(2,3)17-20-15(21-25-17)12-22-7-9-23(10-8-22)16(24)11-13-5-4-6-14(13)19/h13-14H,4-12,19H2,1-3H3/t13-,14+/m0/s1. The molecule has 0 unspecified atom stereocenters. The lowest BCUT2D eigenvalue weighted by atomic mass is 9.97. The molecule has 2 atom stereocenters. The Hall–Kier alpha value is -1.47. The fraction of sp³-hybridized carbons (Fsp3) is 0.833. The van der Waals surface area contributed by atoms with E-state index in [1.54, 1.807) is 0 Å². The van der Waals surface area contributed by atoms with Gasteiger partial charge in [-0.25, -0.2) is 0 Å². The fourth-order valence-electron chi connectivity index (χ4n) is 3.65. The number of carbonyl (C=O) groups is 1. The summed E-state index contributed by atoms with van der Waals surface area (Å²) in [5, 5.41) is 4.09. The van der Waals surface area contributed by atoms with E-state index in [4.69, 9.17) is 10.3 Å². The number of hydrogen-bond donors (Lipinski definition) is 1. The second kappa shape index (κ2) is 7.41. The smallest absolute Gasteiger partial charge is 0.232 e. The van der Waals surface area contributed by atoms with Gasteiger partial charge in [-0.2, -0.15) is 4.98 Å². The molecule has 0 aromatic carbocycles. The van der Waals surface area contributed by atoms with Crippen molar-refractivity contribution in [3.63, 3.8) is 0 Å². The van der Waals surface area contributed by atoms with Crippen LogP contribution in [0, 0.1) is 5.92 Å². The summed E-state index contributed by atoms with van der Waals surface area (Å²) in [5.41, 5.74) is 5.97. The Morgan fingerprint density at radius 2 is 1.96 bits per heavy atom. The average Bonchev–Trinajstić information content (AvgIpc) is 3.17. The highest BCUT2D eigenvalue weighted by Crippen LogP contribution is 2.27. The maximum absolute atomic E-state index is 12.5. The minimum absolute atomic E-state index is 0.128. The summed E-state index contributed by atoms with van der Waals surface area (Å²) in [7, 11) is 0. The molecule has 0 bridgehead atoms. The van der Waals surface area contributed by atoms with Crippen molar-refractivity contribution in [2.24, 2.45) is 11.7 Å². The molecular weight excluding hydrogens is 318 g/mol. The van der Waals surface area contributed by atoms with Gasteiger partial charge in [-0.05, 0) is 18.8 Å². The Labute approximate surface area is 149 Å². The third kappa shape index (κ3) is 4.58. The maximum Gasteiger partial charge on any atom is 0.232 e. The van der Waals surface area contributed by atoms with Crippen molar-refractivity contribution in [3.8, 4) is 0 Å². The van der Waals surface area contributed by atoms with Gasteiger partial charge in [0.15, 0.2) is 5.82 Å². The lowest BCUT2D eigenvalue weighted by Gasteiger charge is -2.34. The lowest BCUT2D eigenvalue weighted by Crippen LogP contribution is -2.49. The first-order chi connectivity index (χ1) is 11.8. The fourth-order valence-corrected chi connectivity index (χ4v) is 3.65. The Bertz CT molecular complexity index is 587. The summed E-state index contributed by atoms with van der Waals surface area (Å²) in [6.07, 6.45) is 3.93. The average molecular weight is 349 g/mol. The summed E-state index contributed by atoms with van der Waals surface area (Å²) in [6.45, 7) is 10.1. The number of rotatable bonds is 4. The molecule has 3 rings (SSSR count). The topological polar surface area (TPSA) is 88.5 Å². The first kappa shape index (κ1) is 18.3. The van der Waals surface area contributed by atoms with Crippen LogP contribution in [0.2, 0.25) is 0 Å². The minimum Gasteiger partial charge on any atom is -0.340 e. The molecule has 2 N–H and O–H groups in total. The quantitative estimate of drug-likeness (QED) is 0.887. The van der Waals surface area contributed by atoms with E-state index in [1.165, 1.54) is 0 Å². The molecule has 1 aliphatic carbocycles. The summed E-state index contributed by atoms with van der Waals surface area (Å²) >= 11 is 0. The van der Waals surface area contributed by atoms with Gasteiger partial charge in [0, 0.05) is 44.1 Å². The number of hydrogen-bond acceptors (Lipinski definition) is 6. The van der Waals surface area contributed by atoms with Crippen LogP contribution in [0.25, 0.3) is 0 Å². The van der Waals surface area contributed by atoms with Crippen molar-refractivity contribution in [1.82, 2.24) is 19.9 Å². The molecule has 0 radical (unpaired) electrons. The van der Waals surface area contributed by atoms with Gasteiger partial charge in [0.25, 0.3) is 0 Å². The Morgan fingerprint density at radius 1 is 1.24 bits per heavy atom. The van der Waals surface area contributed by atoms with E-state index in [9.17, 15) is 4.79 Å². The Balaban J connectivity index is 1.45. The van der Waals surface area contributed by atoms with Gasteiger partial charge in [-0.15, -0.1) is 0 Å². The van der Waals surface area contributed by atoms with Crippen LogP contribution in [-0.4, -0.2) is 58.1 Å². The maximum atomic E-state index is 12.5. The number of nitrogens with two attached hydrogens (primary N) is 1. The molecular formula is C18H31N5O2. The van der Waals surface area contributed by atoms with E-state index in [0.29, 0.717) is 24.8 Å². The summed E-state index contributed by atoms with van der Waals surface area (Å²) < 4.78 is 5.35. The zero-order valence-corrected chi connectivity index (χ0v) is 15.7. The SMILES string of the molecule is CC(C)(C)c1nc(CN2CCN(C(=O)C[C@@H]3CCC[C@H]3N)CC2)no1. The van der Waals surface area contributed by atoms with E-state index in [-0.39, 0.29) is 17.4 Å². The van der Waals surface area contributed by atoms with Crippen LogP contribution in [-0.2, 0) is 16.8 Å². The molecule has 1 saturated heterocycles. The van der Waals surface area contributed by atoms with Crippen molar-refractivity contribution in [1.29, 1.82) is 0 Å². The van der Waals surface area contributed by atoms with Gasteiger partial charge >= 0.3 is 0 Å². The second-order valence-corrected chi connectivity index (χ2v) is 8.48. The molecule has 2 heterocycles. The van der Waals surface area contributed by atoms with Crippen LogP contribution in [0.3, 0.4) is 0 Å². The van der Waals surface area contributed by atoms with E-state index < -0.39 is 0 Å². The molecule has 7 nitrogen and oxygen atoms in total. The highest BCUT2D eigenvalue weighted by Gasteiger charge is 2.29. The van der Waals surface area contributed by atoms with Crippen molar-refractivity contribution in [3.05, 3.63) is 11.7 Å². The van der Waals surface area contributed by atoms with Crippen molar-refractivity contribution >= 4 is 5.91 Å². The first-order valence-electron chi connectivity index (χ1n) is 9.41. The number of piperazine rings is 1. The van der Waals surface area contributed by atoms with E-state index in [0.717, 1.165) is 51.3 Å². The first-order valence-corrected chi connectivity index (χ1v) is 9.41. The van der Waals surface area contributed by atoms with E-state index in [2.05, 4.69) is 35.8 Å². The van der Waals surface area contributed by atoms with Gasteiger partial charge in [0.2, 0.25) is 11.8 Å². The molecule has 0 spiro atoms.